The monoisotopic (exact) mass is 295 g/mol. The molecule has 7 heteroatoms. The summed E-state index contributed by atoms with van der Waals surface area (Å²) in [5.41, 5.74) is 6.23. The Balaban J connectivity index is 2.43. The van der Waals surface area contributed by atoms with Crippen molar-refractivity contribution in [3.63, 3.8) is 0 Å². The fourth-order valence-corrected chi connectivity index (χ4v) is 3.95. The van der Waals surface area contributed by atoms with Gasteiger partial charge in [0.2, 0.25) is 10.0 Å². The number of nitrogens with zero attached hydrogens (tertiary/aromatic N) is 2. The second-order valence-corrected chi connectivity index (χ2v) is 6.85. The molecule has 2 N–H and O–H groups in total. The summed E-state index contributed by atoms with van der Waals surface area (Å²) in [7, 11) is -2.27. The minimum Gasteiger partial charge on any atom is -0.495 e. The Bertz CT molecular complexity index is 641. The second kappa shape index (κ2) is 5.40. The van der Waals surface area contributed by atoms with Crippen LogP contribution in [0, 0.1) is 17.2 Å². The lowest BCUT2D eigenvalue weighted by molar-refractivity contribution is 0.397. The van der Waals surface area contributed by atoms with Gasteiger partial charge in [0.05, 0.1) is 18.7 Å². The molecule has 0 spiro atoms. The third-order valence-corrected chi connectivity index (χ3v) is 5.42. The highest BCUT2D eigenvalue weighted by atomic mass is 32.2. The lowest BCUT2D eigenvalue weighted by Crippen LogP contribution is -2.32. The molecule has 0 radical (unpaired) electrons. The highest BCUT2D eigenvalue weighted by molar-refractivity contribution is 7.89. The fourth-order valence-electron chi connectivity index (χ4n) is 2.23. The molecule has 1 aliphatic heterocycles. The van der Waals surface area contributed by atoms with Crippen molar-refractivity contribution in [3.05, 3.63) is 23.8 Å². The van der Waals surface area contributed by atoms with E-state index in [0.717, 1.165) is 0 Å². The van der Waals surface area contributed by atoms with Crippen molar-refractivity contribution in [2.24, 2.45) is 11.7 Å². The minimum atomic E-state index is -3.65. The summed E-state index contributed by atoms with van der Waals surface area (Å²) in [6.07, 6.45) is 0. The van der Waals surface area contributed by atoms with Gasteiger partial charge in [-0.2, -0.15) is 9.57 Å². The lowest BCUT2D eigenvalue weighted by atomic mass is 10.1. The third kappa shape index (κ3) is 2.50. The van der Waals surface area contributed by atoms with Gasteiger partial charge in [-0.3, -0.25) is 0 Å². The van der Waals surface area contributed by atoms with Gasteiger partial charge in [0.25, 0.3) is 0 Å². The Labute approximate surface area is 118 Å². The zero-order chi connectivity index (χ0) is 14.9. The van der Waals surface area contributed by atoms with Crippen LogP contribution in [-0.4, -0.2) is 39.0 Å². The molecule has 1 fully saturated rings. The lowest BCUT2D eigenvalue weighted by Gasteiger charge is -2.18. The van der Waals surface area contributed by atoms with Crippen LogP contribution in [0.4, 0.5) is 0 Å². The minimum absolute atomic E-state index is 0.0697. The standard InChI is InChI=1S/C13H17N3O3S/c1-9-7-16(8-11(9)15)20(17,18)13-4-3-10(6-14)5-12(13)19-2/h3-5,9,11H,7-8,15H2,1-2H3. The summed E-state index contributed by atoms with van der Waals surface area (Å²) in [5, 5.41) is 8.85. The largest absolute Gasteiger partial charge is 0.495 e. The van der Waals surface area contributed by atoms with Crippen molar-refractivity contribution in [3.8, 4) is 11.8 Å². The average molecular weight is 295 g/mol. The van der Waals surface area contributed by atoms with E-state index in [2.05, 4.69) is 0 Å². The van der Waals surface area contributed by atoms with Crippen molar-refractivity contribution in [2.45, 2.75) is 17.9 Å². The number of rotatable bonds is 3. The maximum atomic E-state index is 12.6. The molecule has 1 aliphatic rings. The first-order valence-electron chi connectivity index (χ1n) is 6.24. The number of nitrogens with two attached hydrogens (primary N) is 1. The Hall–Kier alpha value is -1.62. The van der Waals surface area contributed by atoms with Crippen LogP contribution in [0.1, 0.15) is 12.5 Å². The van der Waals surface area contributed by atoms with E-state index < -0.39 is 10.0 Å². The zero-order valence-electron chi connectivity index (χ0n) is 11.4. The number of methoxy groups -OCH3 is 1. The summed E-state index contributed by atoms with van der Waals surface area (Å²) in [5.74, 6) is 0.298. The molecule has 0 amide bonds. The van der Waals surface area contributed by atoms with Crippen molar-refractivity contribution in [1.82, 2.24) is 4.31 Å². The van der Waals surface area contributed by atoms with Crippen molar-refractivity contribution in [2.75, 3.05) is 20.2 Å². The molecule has 20 heavy (non-hydrogen) atoms. The first-order valence-corrected chi connectivity index (χ1v) is 7.68. The molecule has 1 aromatic carbocycles. The van der Waals surface area contributed by atoms with Crippen molar-refractivity contribution in [1.29, 1.82) is 5.26 Å². The smallest absolute Gasteiger partial charge is 0.246 e. The number of sulfonamides is 1. The number of ether oxygens (including phenoxy) is 1. The normalized spacial score (nSPS) is 23.5. The molecular weight excluding hydrogens is 278 g/mol. The molecule has 1 aromatic rings. The zero-order valence-corrected chi connectivity index (χ0v) is 12.2. The highest BCUT2D eigenvalue weighted by Gasteiger charge is 2.36. The van der Waals surface area contributed by atoms with Crippen molar-refractivity contribution < 1.29 is 13.2 Å². The van der Waals surface area contributed by atoms with E-state index in [1.165, 1.54) is 29.6 Å². The van der Waals surface area contributed by atoms with Gasteiger partial charge in [0.15, 0.2) is 0 Å². The van der Waals surface area contributed by atoms with Gasteiger partial charge in [-0.15, -0.1) is 0 Å². The molecule has 1 heterocycles. The topological polar surface area (TPSA) is 96.4 Å². The first kappa shape index (κ1) is 14.8. The second-order valence-electron chi connectivity index (χ2n) is 4.94. The Kier molecular flexibility index (Phi) is 3.99. The van der Waals surface area contributed by atoms with Gasteiger partial charge >= 0.3 is 0 Å². The first-order chi connectivity index (χ1) is 9.40. The quantitative estimate of drug-likeness (QED) is 0.877. The van der Waals surface area contributed by atoms with Crippen LogP contribution in [-0.2, 0) is 10.0 Å². The molecule has 0 aliphatic carbocycles. The van der Waals surface area contributed by atoms with Crippen LogP contribution in [0.15, 0.2) is 23.1 Å². The van der Waals surface area contributed by atoms with Gasteiger partial charge in [-0.25, -0.2) is 8.42 Å². The van der Waals surface area contributed by atoms with Gasteiger partial charge in [-0.1, -0.05) is 6.92 Å². The molecule has 108 valence electrons. The van der Waals surface area contributed by atoms with Gasteiger partial charge in [-0.05, 0) is 24.1 Å². The number of nitriles is 1. The van der Waals surface area contributed by atoms with Crippen LogP contribution in [0.5, 0.6) is 5.75 Å². The fraction of sp³-hybridized carbons (Fsp3) is 0.462. The Morgan fingerprint density at radius 1 is 1.45 bits per heavy atom. The molecule has 0 saturated carbocycles. The average Bonchev–Trinajstić information content (AvgIpc) is 2.78. The van der Waals surface area contributed by atoms with Crippen molar-refractivity contribution >= 4 is 10.0 Å². The third-order valence-electron chi connectivity index (χ3n) is 3.55. The Morgan fingerprint density at radius 3 is 2.65 bits per heavy atom. The molecule has 2 atom stereocenters. The maximum absolute atomic E-state index is 12.6. The molecule has 0 aromatic heterocycles. The predicted octanol–water partition coefficient (Wildman–Crippen LogP) is 0.535. The van der Waals surface area contributed by atoms with Gasteiger partial charge in [0, 0.05) is 19.1 Å². The maximum Gasteiger partial charge on any atom is 0.246 e. The van der Waals surface area contributed by atoms with E-state index in [0.29, 0.717) is 18.7 Å². The summed E-state index contributed by atoms with van der Waals surface area (Å²) < 4.78 is 31.7. The van der Waals surface area contributed by atoms with E-state index in [-0.39, 0.29) is 22.6 Å². The number of benzene rings is 1. The number of hydrogen-bond donors (Lipinski definition) is 1. The van der Waals surface area contributed by atoms with Crippen LogP contribution in [0.3, 0.4) is 0 Å². The van der Waals surface area contributed by atoms with Gasteiger partial charge < -0.3 is 10.5 Å². The van der Waals surface area contributed by atoms with E-state index in [1.54, 1.807) is 0 Å². The van der Waals surface area contributed by atoms with E-state index in [9.17, 15) is 8.42 Å². The molecule has 2 rings (SSSR count). The Morgan fingerprint density at radius 2 is 2.15 bits per heavy atom. The highest BCUT2D eigenvalue weighted by Crippen LogP contribution is 2.30. The summed E-state index contributed by atoms with van der Waals surface area (Å²) in [6, 6.07) is 6.09. The summed E-state index contributed by atoms with van der Waals surface area (Å²) in [4.78, 5) is 0.0697. The van der Waals surface area contributed by atoms with E-state index in [4.69, 9.17) is 15.7 Å². The molecule has 0 bridgehead atoms. The summed E-state index contributed by atoms with van der Waals surface area (Å²) >= 11 is 0. The molecule has 2 unspecified atom stereocenters. The molecule has 1 saturated heterocycles. The van der Waals surface area contributed by atoms with Gasteiger partial charge in [0.1, 0.15) is 10.6 Å². The SMILES string of the molecule is COc1cc(C#N)ccc1S(=O)(=O)N1CC(C)C(N)C1. The van der Waals surface area contributed by atoms with Crippen LogP contribution < -0.4 is 10.5 Å². The molecule has 6 nitrogen and oxygen atoms in total. The number of hydrogen-bond acceptors (Lipinski definition) is 5. The van der Waals surface area contributed by atoms with Crippen LogP contribution >= 0.6 is 0 Å². The predicted molar refractivity (Wildman–Crippen MR) is 73.6 cm³/mol. The van der Waals surface area contributed by atoms with E-state index in [1.807, 2.05) is 13.0 Å². The molecular formula is C13H17N3O3S. The summed E-state index contributed by atoms with van der Waals surface area (Å²) in [6.45, 7) is 2.62. The van der Waals surface area contributed by atoms with Crippen LogP contribution in [0.2, 0.25) is 0 Å². The van der Waals surface area contributed by atoms with Crippen LogP contribution in [0.25, 0.3) is 0 Å². The van der Waals surface area contributed by atoms with E-state index >= 15 is 0 Å².